The van der Waals surface area contributed by atoms with Gasteiger partial charge >= 0.3 is 0 Å². The van der Waals surface area contributed by atoms with Crippen molar-refractivity contribution in [2.24, 2.45) is 5.73 Å². The van der Waals surface area contributed by atoms with Gasteiger partial charge in [0.1, 0.15) is 10.7 Å². The second-order valence-corrected chi connectivity index (χ2v) is 5.51. The van der Waals surface area contributed by atoms with Crippen molar-refractivity contribution in [1.29, 1.82) is 0 Å². The van der Waals surface area contributed by atoms with Gasteiger partial charge in [-0.25, -0.2) is 4.98 Å². The van der Waals surface area contributed by atoms with Gasteiger partial charge in [0.15, 0.2) is 0 Å². The van der Waals surface area contributed by atoms with Crippen molar-refractivity contribution < 1.29 is 4.79 Å². The minimum absolute atomic E-state index is 0.148. The molecule has 1 aromatic heterocycles. The first-order valence-electron chi connectivity index (χ1n) is 5.16. The van der Waals surface area contributed by atoms with Crippen LogP contribution in [-0.2, 0) is 0 Å². The third-order valence-electron chi connectivity index (χ3n) is 2.24. The Hall–Kier alpha value is -1.43. The number of benzene rings is 1. The summed E-state index contributed by atoms with van der Waals surface area (Å²) in [5.41, 5.74) is 11.6. The van der Waals surface area contributed by atoms with E-state index in [2.05, 4.69) is 4.98 Å². The highest BCUT2D eigenvalue weighted by atomic mass is 35.5. The average Bonchev–Trinajstić information content (AvgIpc) is 2.36. The Kier molecular flexibility index (Phi) is 4.19. The van der Waals surface area contributed by atoms with E-state index in [1.54, 1.807) is 24.3 Å². The van der Waals surface area contributed by atoms with E-state index in [4.69, 9.17) is 34.7 Å². The highest BCUT2D eigenvalue weighted by Gasteiger charge is 2.11. The van der Waals surface area contributed by atoms with Crippen LogP contribution >= 0.6 is 35.0 Å². The lowest BCUT2D eigenvalue weighted by Gasteiger charge is -2.07. The van der Waals surface area contributed by atoms with Crippen LogP contribution in [0.4, 0.5) is 5.69 Å². The molecule has 2 rings (SSSR count). The quantitative estimate of drug-likeness (QED) is 0.911. The largest absolute Gasteiger partial charge is 0.397 e. The van der Waals surface area contributed by atoms with Crippen molar-refractivity contribution in [3.05, 3.63) is 46.1 Å². The number of hydrogen-bond donors (Lipinski definition) is 2. The summed E-state index contributed by atoms with van der Waals surface area (Å²) >= 11 is 13.2. The highest BCUT2D eigenvalue weighted by molar-refractivity contribution is 7.99. The van der Waals surface area contributed by atoms with Gasteiger partial charge in [-0.15, -0.1) is 0 Å². The number of anilines is 1. The van der Waals surface area contributed by atoms with E-state index in [9.17, 15) is 4.79 Å². The van der Waals surface area contributed by atoms with Crippen LogP contribution in [0.25, 0.3) is 0 Å². The molecular formula is C12H9Cl2N3OS. The van der Waals surface area contributed by atoms with Crippen molar-refractivity contribution in [3.63, 3.8) is 0 Å². The van der Waals surface area contributed by atoms with Crippen LogP contribution < -0.4 is 11.5 Å². The summed E-state index contributed by atoms with van der Waals surface area (Å²) < 4.78 is 0. The summed E-state index contributed by atoms with van der Waals surface area (Å²) in [7, 11) is 0. The second-order valence-electron chi connectivity index (χ2n) is 3.63. The van der Waals surface area contributed by atoms with Crippen molar-refractivity contribution >= 4 is 46.6 Å². The third-order valence-corrected chi connectivity index (χ3v) is 4.00. The highest BCUT2D eigenvalue weighted by Crippen LogP contribution is 2.36. The number of carbonyl (C=O) groups excluding carboxylic acids is 1. The molecule has 0 atom stereocenters. The van der Waals surface area contributed by atoms with E-state index < -0.39 is 5.91 Å². The molecular weight excluding hydrogens is 305 g/mol. The van der Waals surface area contributed by atoms with Gasteiger partial charge in [0.05, 0.1) is 10.7 Å². The summed E-state index contributed by atoms with van der Waals surface area (Å²) in [6, 6.07) is 8.12. The van der Waals surface area contributed by atoms with Crippen LogP contribution in [0.5, 0.6) is 0 Å². The van der Waals surface area contributed by atoms with E-state index in [0.717, 1.165) is 0 Å². The molecule has 1 aromatic carbocycles. The lowest BCUT2D eigenvalue weighted by Crippen LogP contribution is -2.13. The molecule has 0 saturated heterocycles. The average molecular weight is 314 g/mol. The molecule has 7 heteroatoms. The minimum atomic E-state index is -0.612. The zero-order valence-electron chi connectivity index (χ0n) is 9.56. The number of amides is 1. The number of nitrogens with two attached hydrogens (primary N) is 2. The van der Waals surface area contributed by atoms with Gasteiger partial charge < -0.3 is 11.5 Å². The maximum Gasteiger partial charge on any atom is 0.267 e. The van der Waals surface area contributed by atoms with Gasteiger partial charge in [-0.05, 0) is 30.3 Å². The number of aromatic nitrogens is 1. The predicted octanol–water partition coefficient (Wildman–Crippen LogP) is 3.22. The van der Waals surface area contributed by atoms with Crippen molar-refractivity contribution in [1.82, 2.24) is 4.98 Å². The first-order chi connectivity index (χ1) is 8.97. The SMILES string of the molecule is NC(=O)c1ccc(N)c(Sc2cc(Cl)ccc2Cl)n1. The standard InChI is InChI=1S/C12H9Cl2N3OS/c13-6-1-2-7(14)10(5-6)19-12-8(15)3-4-9(17-12)11(16)18/h1-5H,15H2,(H2,16,18). The monoisotopic (exact) mass is 313 g/mol. The summed E-state index contributed by atoms with van der Waals surface area (Å²) in [6.07, 6.45) is 0. The predicted molar refractivity (Wildman–Crippen MR) is 77.8 cm³/mol. The Labute approximate surface area is 124 Å². The fraction of sp³-hybridized carbons (Fsp3) is 0. The Morgan fingerprint density at radius 2 is 1.95 bits per heavy atom. The summed E-state index contributed by atoms with van der Waals surface area (Å²) in [6.45, 7) is 0. The van der Waals surface area contributed by atoms with E-state index >= 15 is 0 Å². The van der Waals surface area contributed by atoms with E-state index in [-0.39, 0.29) is 5.69 Å². The van der Waals surface area contributed by atoms with Gasteiger partial charge in [-0.3, -0.25) is 4.79 Å². The number of pyridine rings is 1. The molecule has 0 bridgehead atoms. The van der Waals surface area contributed by atoms with Gasteiger partial charge in [0.25, 0.3) is 5.91 Å². The second kappa shape index (κ2) is 5.69. The molecule has 0 aliphatic rings. The Morgan fingerprint density at radius 3 is 2.63 bits per heavy atom. The van der Waals surface area contributed by atoms with Crippen molar-refractivity contribution in [3.8, 4) is 0 Å². The number of carbonyl (C=O) groups is 1. The van der Waals surface area contributed by atoms with Crippen LogP contribution in [0.1, 0.15) is 10.5 Å². The number of hydrogen-bond acceptors (Lipinski definition) is 4. The summed E-state index contributed by atoms with van der Waals surface area (Å²) in [5, 5.41) is 1.54. The number of nitrogens with zero attached hydrogens (tertiary/aromatic N) is 1. The minimum Gasteiger partial charge on any atom is -0.397 e. The van der Waals surface area contributed by atoms with Gasteiger partial charge in [-0.1, -0.05) is 35.0 Å². The molecule has 0 fully saturated rings. The van der Waals surface area contributed by atoms with E-state index in [0.29, 0.717) is 25.7 Å². The summed E-state index contributed by atoms with van der Waals surface area (Å²) in [4.78, 5) is 15.9. The number of rotatable bonds is 3. The van der Waals surface area contributed by atoms with Crippen LogP contribution in [0.15, 0.2) is 40.3 Å². The fourth-order valence-electron chi connectivity index (χ4n) is 1.33. The van der Waals surface area contributed by atoms with Gasteiger partial charge in [-0.2, -0.15) is 0 Å². The lowest BCUT2D eigenvalue weighted by atomic mass is 10.3. The van der Waals surface area contributed by atoms with Crippen LogP contribution in [0.3, 0.4) is 0 Å². The topological polar surface area (TPSA) is 82.0 Å². The molecule has 4 N–H and O–H groups in total. The van der Waals surface area contributed by atoms with Crippen molar-refractivity contribution in [2.75, 3.05) is 5.73 Å². The van der Waals surface area contributed by atoms with E-state index in [1.807, 2.05) is 0 Å². The molecule has 0 aliphatic heterocycles. The Bertz CT molecular complexity index is 649. The van der Waals surface area contributed by atoms with Crippen LogP contribution in [0, 0.1) is 0 Å². The van der Waals surface area contributed by atoms with Crippen LogP contribution in [-0.4, -0.2) is 10.9 Å². The normalized spacial score (nSPS) is 10.4. The number of halogens is 2. The number of nitrogen functional groups attached to an aromatic ring is 1. The molecule has 4 nitrogen and oxygen atoms in total. The maximum atomic E-state index is 11.1. The zero-order valence-corrected chi connectivity index (χ0v) is 11.9. The lowest BCUT2D eigenvalue weighted by molar-refractivity contribution is 0.0995. The number of primary amides is 1. The molecule has 0 radical (unpaired) electrons. The maximum absolute atomic E-state index is 11.1. The molecule has 98 valence electrons. The zero-order chi connectivity index (χ0) is 14.0. The van der Waals surface area contributed by atoms with E-state index in [1.165, 1.54) is 17.8 Å². The molecule has 1 amide bonds. The van der Waals surface area contributed by atoms with Gasteiger partial charge in [0.2, 0.25) is 0 Å². The van der Waals surface area contributed by atoms with Crippen LogP contribution in [0.2, 0.25) is 10.0 Å². The fourth-order valence-corrected chi connectivity index (χ4v) is 2.69. The Balaban J connectivity index is 2.40. The first-order valence-corrected chi connectivity index (χ1v) is 6.74. The first kappa shape index (κ1) is 14.0. The Morgan fingerprint density at radius 1 is 1.21 bits per heavy atom. The third kappa shape index (κ3) is 3.32. The summed E-state index contributed by atoms with van der Waals surface area (Å²) in [5.74, 6) is -0.612. The molecule has 19 heavy (non-hydrogen) atoms. The molecule has 0 unspecified atom stereocenters. The molecule has 0 spiro atoms. The molecule has 0 saturated carbocycles. The molecule has 2 aromatic rings. The van der Waals surface area contributed by atoms with Gasteiger partial charge in [0, 0.05) is 9.92 Å². The smallest absolute Gasteiger partial charge is 0.267 e. The van der Waals surface area contributed by atoms with Crippen molar-refractivity contribution in [2.45, 2.75) is 9.92 Å². The molecule has 1 heterocycles. The molecule has 0 aliphatic carbocycles.